The Bertz CT molecular complexity index is 568. The van der Waals surface area contributed by atoms with E-state index in [2.05, 4.69) is 56.7 Å². The van der Waals surface area contributed by atoms with Crippen LogP contribution in [0.4, 0.5) is 11.5 Å². The van der Waals surface area contributed by atoms with E-state index in [-0.39, 0.29) is 0 Å². The smallest absolute Gasteiger partial charge is 0.126 e. The Balaban J connectivity index is 1.61. The van der Waals surface area contributed by atoms with Gasteiger partial charge in [-0.15, -0.1) is 0 Å². The van der Waals surface area contributed by atoms with Crippen molar-refractivity contribution < 1.29 is 0 Å². The summed E-state index contributed by atoms with van der Waals surface area (Å²) in [5, 5.41) is 6.99. The van der Waals surface area contributed by atoms with Crippen LogP contribution in [-0.4, -0.2) is 81.2 Å². The number of hydrogen-bond acceptors (Lipinski definition) is 6. The highest BCUT2D eigenvalue weighted by atomic mass is 15.3. The molecule has 3 atom stereocenters. The number of piperazine rings is 1. The fourth-order valence-corrected chi connectivity index (χ4v) is 4.26. The Kier molecular flexibility index (Phi) is 3.91. The van der Waals surface area contributed by atoms with E-state index in [0.29, 0.717) is 12.1 Å². The van der Waals surface area contributed by atoms with Crippen LogP contribution in [0.25, 0.3) is 0 Å². The molecule has 0 aromatic carbocycles. The average Bonchev–Trinajstić information content (AvgIpc) is 2.84. The third kappa shape index (κ3) is 2.69. The van der Waals surface area contributed by atoms with Gasteiger partial charge in [0.05, 0.1) is 11.9 Å². The number of pyridine rings is 1. The number of rotatable bonds is 3. The lowest BCUT2D eigenvalue weighted by Gasteiger charge is -2.44. The summed E-state index contributed by atoms with van der Waals surface area (Å²) in [7, 11) is 6.37. The summed E-state index contributed by atoms with van der Waals surface area (Å²) in [6, 6.07) is 3.38. The molecule has 1 aromatic rings. The minimum Gasteiger partial charge on any atom is -0.373 e. The number of anilines is 2. The van der Waals surface area contributed by atoms with Crippen molar-refractivity contribution in [3.63, 3.8) is 0 Å². The number of nitrogens with one attached hydrogen (secondary N) is 2. The van der Waals surface area contributed by atoms with Crippen molar-refractivity contribution >= 4 is 11.5 Å². The highest BCUT2D eigenvalue weighted by Crippen LogP contribution is 2.42. The first-order valence-electron chi connectivity index (χ1n) is 8.71. The van der Waals surface area contributed by atoms with Crippen LogP contribution in [0.15, 0.2) is 12.3 Å². The fraction of sp³-hybridized carbons (Fsp3) is 0.706. The Labute approximate surface area is 138 Å². The average molecular weight is 316 g/mol. The summed E-state index contributed by atoms with van der Waals surface area (Å²) >= 11 is 0. The second-order valence-corrected chi connectivity index (χ2v) is 7.30. The zero-order valence-electron chi connectivity index (χ0n) is 14.4. The van der Waals surface area contributed by atoms with Crippen LogP contribution in [0, 0.1) is 5.92 Å². The van der Waals surface area contributed by atoms with Crippen LogP contribution in [0.1, 0.15) is 11.6 Å². The molecule has 0 amide bonds. The van der Waals surface area contributed by atoms with Gasteiger partial charge in [0.15, 0.2) is 0 Å². The van der Waals surface area contributed by atoms with Crippen LogP contribution in [0.3, 0.4) is 0 Å². The van der Waals surface area contributed by atoms with Gasteiger partial charge in [-0.2, -0.15) is 0 Å². The van der Waals surface area contributed by atoms with Crippen LogP contribution in [0.2, 0.25) is 0 Å². The fourth-order valence-electron chi connectivity index (χ4n) is 4.26. The number of likely N-dealkylation sites (N-methyl/N-ethyl adjacent to an activating group) is 2. The predicted octanol–water partition coefficient (Wildman–Crippen LogP) is 0.450. The molecule has 2 N–H and O–H groups in total. The Morgan fingerprint density at radius 1 is 1.13 bits per heavy atom. The van der Waals surface area contributed by atoms with Gasteiger partial charge in [0.1, 0.15) is 5.82 Å². The van der Waals surface area contributed by atoms with Crippen molar-refractivity contribution in [2.45, 2.75) is 12.1 Å². The minimum atomic E-state index is 0.467. The summed E-state index contributed by atoms with van der Waals surface area (Å²) in [6.07, 6.45) is 2.07. The van der Waals surface area contributed by atoms with E-state index in [9.17, 15) is 0 Å². The standard InChI is InChI=1S/C17H28N6/c1-18-16-8-12(17-13-10-22(3)11-14(13)20-17)15(9-19-16)23-6-4-21(2)5-7-23/h8-9,13-14,17,20H,4-7,10-11H2,1-3H3,(H,18,19). The maximum atomic E-state index is 4.59. The number of fused-ring (bicyclic) bond motifs is 1. The van der Waals surface area contributed by atoms with Gasteiger partial charge in [0, 0.05) is 64.3 Å². The molecule has 4 heterocycles. The van der Waals surface area contributed by atoms with Crippen LogP contribution in [0.5, 0.6) is 0 Å². The van der Waals surface area contributed by atoms with E-state index < -0.39 is 0 Å². The lowest BCUT2D eigenvalue weighted by molar-refractivity contribution is 0.193. The van der Waals surface area contributed by atoms with E-state index in [1.807, 2.05) is 7.05 Å². The third-order valence-corrected chi connectivity index (χ3v) is 5.72. The molecule has 3 aliphatic heterocycles. The maximum absolute atomic E-state index is 4.59. The molecule has 6 nitrogen and oxygen atoms in total. The molecule has 0 radical (unpaired) electrons. The number of likely N-dealkylation sites (tertiary alicyclic amines) is 1. The molecule has 3 aliphatic rings. The van der Waals surface area contributed by atoms with Crippen molar-refractivity contribution in [2.24, 2.45) is 5.92 Å². The second kappa shape index (κ2) is 5.92. The van der Waals surface area contributed by atoms with Crippen molar-refractivity contribution in [1.29, 1.82) is 0 Å². The van der Waals surface area contributed by atoms with Crippen molar-refractivity contribution in [2.75, 3.05) is 70.6 Å². The molecule has 0 spiro atoms. The van der Waals surface area contributed by atoms with Crippen LogP contribution >= 0.6 is 0 Å². The normalized spacial score (nSPS) is 31.8. The Morgan fingerprint density at radius 2 is 1.91 bits per heavy atom. The van der Waals surface area contributed by atoms with Crippen molar-refractivity contribution in [3.8, 4) is 0 Å². The van der Waals surface area contributed by atoms with E-state index in [1.54, 1.807) is 0 Å². The van der Waals surface area contributed by atoms with Crippen LogP contribution < -0.4 is 15.5 Å². The van der Waals surface area contributed by atoms with Gasteiger partial charge >= 0.3 is 0 Å². The van der Waals surface area contributed by atoms with Crippen LogP contribution in [-0.2, 0) is 0 Å². The lowest BCUT2D eigenvalue weighted by Crippen LogP contribution is -2.55. The molecule has 0 saturated carbocycles. The topological polar surface area (TPSA) is 46.7 Å². The largest absolute Gasteiger partial charge is 0.373 e. The minimum absolute atomic E-state index is 0.467. The van der Waals surface area contributed by atoms with Crippen molar-refractivity contribution in [3.05, 3.63) is 17.8 Å². The van der Waals surface area contributed by atoms with E-state index in [1.165, 1.54) is 24.3 Å². The Hall–Kier alpha value is -1.37. The predicted molar refractivity (Wildman–Crippen MR) is 94.1 cm³/mol. The summed E-state index contributed by atoms with van der Waals surface area (Å²) in [6.45, 7) is 6.80. The SMILES string of the molecule is CNc1cc(C2NC3CN(C)CC32)c(N2CCN(C)CC2)cn1. The van der Waals surface area contributed by atoms with E-state index in [0.717, 1.165) is 37.9 Å². The van der Waals surface area contributed by atoms with Gasteiger partial charge in [0.2, 0.25) is 0 Å². The third-order valence-electron chi connectivity index (χ3n) is 5.72. The molecule has 126 valence electrons. The summed E-state index contributed by atoms with van der Waals surface area (Å²) in [5.41, 5.74) is 2.74. The number of aromatic nitrogens is 1. The van der Waals surface area contributed by atoms with Gasteiger partial charge in [-0.3, -0.25) is 0 Å². The summed E-state index contributed by atoms with van der Waals surface area (Å²) in [4.78, 5) is 11.9. The molecule has 1 aromatic heterocycles. The summed E-state index contributed by atoms with van der Waals surface area (Å²) < 4.78 is 0. The molecular weight excluding hydrogens is 288 g/mol. The van der Waals surface area contributed by atoms with Gasteiger partial charge in [0.25, 0.3) is 0 Å². The monoisotopic (exact) mass is 316 g/mol. The quantitative estimate of drug-likeness (QED) is 0.844. The van der Waals surface area contributed by atoms with Gasteiger partial charge in [-0.05, 0) is 25.7 Å². The lowest BCUT2D eigenvalue weighted by atomic mass is 9.80. The van der Waals surface area contributed by atoms with Gasteiger partial charge in [-0.25, -0.2) is 4.98 Å². The molecular formula is C17H28N6. The maximum Gasteiger partial charge on any atom is 0.126 e. The molecule has 0 bridgehead atoms. The van der Waals surface area contributed by atoms with E-state index in [4.69, 9.17) is 0 Å². The first-order chi connectivity index (χ1) is 11.2. The molecule has 23 heavy (non-hydrogen) atoms. The zero-order valence-corrected chi connectivity index (χ0v) is 14.4. The highest BCUT2D eigenvalue weighted by molar-refractivity contribution is 5.59. The molecule has 3 unspecified atom stereocenters. The first-order valence-corrected chi connectivity index (χ1v) is 8.71. The van der Waals surface area contributed by atoms with E-state index >= 15 is 0 Å². The number of nitrogens with zero attached hydrogens (tertiary/aromatic N) is 4. The molecule has 4 rings (SSSR count). The second-order valence-electron chi connectivity index (χ2n) is 7.30. The van der Waals surface area contributed by atoms with Gasteiger partial charge in [-0.1, -0.05) is 0 Å². The molecule has 3 fully saturated rings. The Morgan fingerprint density at radius 3 is 2.61 bits per heavy atom. The first kappa shape index (κ1) is 15.2. The summed E-state index contributed by atoms with van der Waals surface area (Å²) in [5.74, 6) is 1.70. The van der Waals surface area contributed by atoms with Gasteiger partial charge < -0.3 is 25.3 Å². The highest BCUT2D eigenvalue weighted by Gasteiger charge is 2.47. The molecule has 0 aliphatic carbocycles. The molecule has 6 heteroatoms. The number of hydrogen-bond donors (Lipinski definition) is 2. The molecule has 3 saturated heterocycles. The van der Waals surface area contributed by atoms with Crippen molar-refractivity contribution in [1.82, 2.24) is 20.1 Å². The zero-order chi connectivity index (χ0) is 16.0.